The lowest BCUT2D eigenvalue weighted by atomic mass is 10.2. The molecule has 88 valence electrons. The number of carbonyl (C=O) groups excluding carboxylic acids is 1. The van der Waals surface area contributed by atoms with E-state index in [4.69, 9.17) is 10.2 Å². The molecule has 0 saturated carbocycles. The van der Waals surface area contributed by atoms with E-state index in [-0.39, 0.29) is 0 Å². The van der Waals surface area contributed by atoms with Crippen LogP contribution in [0.2, 0.25) is 0 Å². The second kappa shape index (κ2) is 8.05. The zero-order valence-electron chi connectivity index (χ0n) is 8.82. The van der Waals surface area contributed by atoms with Crippen molar-refractivity contribution in [1.82, 2.24) is 10.6 Å². The second-order valence-corrected chi connectivity index (χ2v) is 3.18. The molecule has 6 nitrogen and oxygen atoms in total. The Morgan fingerprint density at radius 1 is 1.33 bits per heavy atom. The van der Waals surface area contributed by atoms with E-state index in [0.29, 0.717) is 6.54 Å². The maximum absolute atomic E-state index is 11.3. The SMILES string of the molecule is CCCCCNC(=O)[C@H](CO)NC(=O)O. The van der Waals surface area contributed by atoms with Crippen molar-refractivity contribution in [3.8, 4) is 0 Å². The molecule has 0 aliphatic carbocycles. The number of aliphatic hydroxyl groups excluding tert-OH is 1. The molecule has 0 aromatic rings. The van der Waals surface area contributed by atoms with Crippen molar-refractivity contribution >= 4 is 12.0 Å². The molecule has 0 spiro atoms. The zero-order chi connectivity index (χ0) is 11.7. The van der Waals surface area contributed by atoms with Gasteiger partial charge in [-0.3, -0.25) is 4.79 Å². The summed E-state index contributed by atoms with van der Waals surface area (Å²) in [7, 11) is 0. The van der Waals surface area contributed by atoms with Crippen molar-refractivity contribution in [2.45, 2.75) is 32.2 Å². The maximum atomic E-state index is 11.3. The molecule has 6 heteroatoms. The molecule has 2 amide bonds. The minimum atomic E-state index is -1.32. The molecule has 1 atom stereocenters. The largest absolute Gasteiger partial charge is 0.465 e. The van der Waals surface area contributed by atoms with Crippen molar-refractivity contribution in [3.05, 3.63) is 0 Å². The van der Waals surface area contributed by atoms with Crippen LogP contribution in [0.3, 0.4) is 0 Å². The van der Waals surface area contributed by atoms with Crippen LogP contribution >= 0.6 is 0 Å². The van der Waals surface area contributed by atoms with Crippen LogP contribution in [0, 0.1) is 0 Å². The van der Waals surface area contributed by atoms with Crippen LogP contribution in [-0.4, -0.2) is 41.4 Å². The van der Waals surface area contributed by atoms with Crippen LogP contribution in [-0.2, 0) is 4.79 Å². The minimum absolute atomic E-state index is 0.490. The van der Waals surface area contributed by atoms with Crippen LogP contribution in [0.4, 0.5) is 4.79 Å². The second-order valence-electron chi connectivity index (χ2n) is 3.18. The van der Waals surface area contributed by atoms with Gasteiger partial charge in [0, 0.05) is 6.54 Å². The van der Waals surface area contributed by atoms with Crippen molar-refractivity contribution in [2.24, 2.45) is 0 Å². The van der Waals surface area contributed by atoms with E-state index in [1.807, 2.05) is 12.2 Å². The number of nitrogens with one attached hydrogen (secondary N) is 2. The lowest BCUT2D eigenvalue weighted by molar-refractivity contribution is -0.123. The quantitative estimate of drug-likeness (QED) is 0.449. The summed E-state index contributed by atoms with van der Waals surface area (Å²) in [4.78, 5) is 21.5. The lowest BCUT2D eigenvalue weighted by Gasteiger charge is -2.13. The highest BCUT2D eigenvalue weighted by Gasteiger charge is 2.18. The van der Waals surface area contributed by atoms with Crippen molar-refractivity contribution < 1.29 is 19.8 Å². The maximum Gasteiger partial charge on any atom is 0.405 e. The van der Waals surface area contributed by atoms with Gasteiger partial charge in [-0.15, -0.1) is 0 Å². The molecular weight excluding hydrogens is 200 g/mol. The first kappa shape index (κ1) is 13.7. The Morgan fingerprint density at radius 3 is 2.47 bits per heavy atom. The highest BCUT2D eigenvalue weighted by molar-refractivity contribution is 5.85. The highest BCUT2D eigenvalue weighted by atomic mass is 16.4. The molecule has 4 N–H and O–H groups in total. The smallest absolute Gasteiger partial charge is 0.405 e. The Morgan fingerprint density at radius 2 is 2.00 bits per heavy atom. The van der Waals surface area contributed by atoms with E-state index >= 15 is 0 Å². The summed E-state index contributed by atoms with van der Waals surface area (Å²) >= 11 is 0. The summed E-state index contributed by atoms with van der Waals surface area (Å²) < 4.78 is 0. The number of carbonyl (C=O) groups is 2. The van der Waals surface area contributed by atoms with Crippen LogP contribution in [0.25, 0.3) is 0 Å². The molecule has 0 aromatic carbocycles. The molecule has 0 aliphatic rings. The Kier molecular flexibility index (Phi) is 7.35. The molecular formula is C9H18N2O4. The summed E-state index contributed by atoms with van der Waals surface area (Å²) in [6, 6.07) is -1.08. The van der Waals surface area contributed by atoms with Gasteiger partial charge in [-0.2, -0.15) is 0 Å². The number of amides is 2. The van der Waals surface area contributed by atoms with E-state index in [2.05, 4.69) is 5.32 Å². The van der Waals surface area contributed by atoms with Gasteiger partial charge < -0.3 is 20.8 Å². The summed E-state index contributed by atoms with van der Waals surface area (Å²) in [5, 5.41) is 21.6. The van der Waals surface area contributed by atoms with Gasteiger partial charge in [0.25, 0.3) is 0 Å². The average Bonchev–Trinajstić information content (AvgIpc) is 2.20. The number of hydrogen-bond acceptors (Lipinski definition) is 3. The van der Waals surface area contributed by atoms with E-state index in [9.17, 15) is 9.59 Å². The average molecular weight is 218 g/mol. The third kappa shape index (κ3) is 6.73. The van der Waals surface area contributed by atoms with Crippen molar-refractivity contribution in [2.75, 3.05) is 13.2 Å². The zero-order valence-corrected chi connectivity index (χ0v) is 8.82. The van der Waals surface area contributed by atoms with Crippen LogP contribution in [0.5, 0.6) is 0 Å². The Labute approximate surface area is 88.7 Å². The van der Waals surface area contributed by atoms with E-state index in [1.54, 1.807) is 0 Å². The fourth-order valence-electron chi connectivity index (χ4n) is 1.05. The first-order chi connectivity index (χ1) is 7.11. The first-order valence-corrected chi connectivity index (χ1v) is 4.99. The third-order valence-corrected chi connectivity index (χ3v) is 1.88. The number of hydrogen-bond donors (Lipinski definition) is 4. The van der Waals surface area contributed by atoms with E-state index < -0.39 is 24.6 Å². The van der Waals surface area contributed by atoms with Gasteiger partial charge in [0.05, 0.1) is 6.61 Å². The van der Waals surface area contributed by atoms with Crippen LogP contribution < -0.4 is 10.6 Å². The normalized spacial score (nSPS) is 11.9. The molecule has 0 unspecified atom stereocenters. The molecule has 0 aliphatic heterocycles. The molecule has 0 rings (SSSR count). The summed E-state index contributed by atoms with van der Waals surface area (Å²) in [6.07, 6.45) is 1.59. The van der Waals surface area contributed by atoms with Gasteiger partial charge in [-0.05, 0) is 6.42 Å². The molecule has 0 saturated heterocycles. The fraction of sp³-hybridized carbons (Fsp3) is 0.778. The van der Waals surface area contributed by atoms with Gasteiger partial charge in [0.1, 0.15) is 6.04 Å². The van der Waals surface area contributed by atoms with E-state index in [1.165, 1.54) is 0 Å². The number of unbranched alkanes of at least 4 members (excludes halogenated alkanes) is 2. The lowest BCUT2D eigenvalue weighted by Crippen LogP contribution is -2.48. The van der Waals surface area contributed by atoms with Crippen LogP contribution in [0.15, 0.2) is 0 Å². The fourth-order valence-corrected chi connectivity index (χ4v) is 1.05. The van der Waals surface area contributed by atoms with Gasteiger partial charge in [-0.1, -0.05) is 19.8 Å². The Hall–Kier alpha value is -1.30. The number of carboxylic acid groups (broad SMARTS) is 1. The predicted octanol–water partition coefficient (Wildman–Crippen LogP) is -0.0787. The van der Waals surface area contributed by atoms with Gasteiger partial charge >= 0.3 is 6.09 Å². The Bertz CT molecular complexity index is 208. The molecule has 0 heterocycles. The number of rotatable bonds is 7. The molecule has 0 radical (unpaired) electrons. The minimum Gasteiger partial charge on any atom is -0.465 e. The van der Waals surface area contributed by atoms with Crippen molar-refractivity contribution in [1.29, 1.82) is 0 Å². The predicted molar refractivity (Wildman–Crippen MR) is 54.6 cm³/mol. The number of aliphatic hydroxyl groups is 1. The van der Waals surface area contributed by atoms with Crippen molar-refractivity contribution in [3.63, 3.8) is 0 Å². The summed E-state index contributed by atoms with van der Waals surface area (Å²) in [6.45, 7) is 2.01. The third-order valence-electron chi connectivity index (χ3n) is 1.88. The highest BCUT2D eigenvalue weighted by Crippen LogP contribution is 1.91. The van der Waals surface area contributed by atoms with Gasteiger partial charge in [0.15, 0.2) is 0 Å². The standard InChI is InChI=1S/C9H18N2O4/c1-2-3-4-5-10-8(13)7(6-12)11-9(14)15/h7,11-12H,2-6H2,1H3,(H,10,13)(H,14,15)/t7-/m0/s1. The van der Waals surface area contributed by atoms with Gasteiger partial charge in [-0.25, -0.2) is 4.79 Å². The molecule has 0 aromatic heterocycles. The molecule has 0 fully saturated rings. The monoisotopic (exact) mass is 218 g/mol. The summed E-state index contributed by atoms with van der Waals surface area (Å²) in [5.74, 6) is -0.490. The first-order valence-electron chi connectivity index (χ1n) is 4.99. The summed E-state index contributed by atoms with van der Waals surface area (Å²) in [5.41, 5.74) is 0. The molecule has 15 heavy (non-hydrogen) atoms. The Balaban J connectivity index is 3.78. The van der Waals surface area contributed by atoms with Gasteiger partial charge in [0.2, 0.25) is 5.91 Å². The molecule has 0 bridgehead atoms. The topological polar surface area (TPSA) is 98.7 Å². The van der Waals surface area contributed by atoms with Crippen LogP contribution in [0.1, 0.15) is 26.2 Å². The van der Waals surface area contributed by atoms with E-state index in [0.717, 1.165) is 19.3 Å².